The van der Waals surface area contributed by atoms with Gasteiger partial charge in [0.2, 0.25) is 0 Å². The highest BCUT2D eigenvalue weighted by Crippen LogP contribution is 2.33. The fourth-order valence-corrected chi connectivity index (χ4v) is 1.86. The van der Waals surface area contributed by atoms with Gasteiger partial charge in [0.1, 0.15) is 11.9 Å². The molecule has 1 aromatic carbocycles. The average Bonchev–Trinajstić information content (AvgIpc) is 2.83. The van der Waals surface area contributed by atoms with Crippen LogP contribution in [0.3, 0.4) is 0 Å². The standard InChI is InChI=1S/C14H19O2/c1-2-3-10-15-13-8-5-4-7-12(13)14-9-6-11-16-14/h4-5,7-8H,2-3,6,9-11H2,1H3. The van der Waals surface area contributed by atoms with Crippen molar-refractivity contribution in [3.8, 4) is 5.75 Å². The van der Waals surface area contributed by atoms with Crippen LogP contribution in [0.2, 0.25) is 0 Å². The Hall–Kier alpha value is -1.02. The zero-order chi connectivity index (χ0) is 11.2. The van der Waals surface area contributed by atoms with E-state index in [-0.39, 0.29) is 0 Å². The lowest BCUT2D eigenvalue weighted by Gasteiger charge is -2.14. The monoisotopic (exact) mass is 219 g/mol. The molecular formula is C14H19O2. The molecule has 0 aliphatic carbocycles. The molecule has 1 saturated heterocycles. The van der Waals surface area contributed by atoms with Crippen molar-refractivity contribution >= 4 is 0 Å². The van der Waals surface area contributed by atoms with Gasteiger partial charge >= 0.3 is 0 Å². The summed E-state index contributed by atoms with van der Waals surface area (Å²) in [5.74, 6) is 0.966. The van der Waals surface area contributed by atoms with Gasteiger partial charge in [-0.3, -0.25) is 0 Å². The van der Waals surface area contributed by atoms with E-state index in [0.717, 1.165) is 56.3 Å². The average molecular weight is 219 g/mol. The Balaban J connectivity index is 2.04. The second-order valence-electron chi connectivity index (χ2n) is 4.07. The van der Waals surface area contributed by atoms with E-state index >= 15 is 0 Å². The lowest BCUT2D eigenvalue weighted by molar-refractivity contribution is 0.211. The summed E-state index contributed by atoms with van der Waals surface area (Å²) in [6.07, 6.45) is 5.51. The Kier molecular flexibility index (Phi) is 4.23. The van der Waals surface area contributed by atoms with Crippen LogP contribution in [0.1, 0.15) is 38.2 Å². The molecule has 0 spiro atoms. The Morgan fingerprint density at radius 1 is 1.31 bits per heavy atom. The van der Waals surface area contributed by atoms with Crippen molar-refractivity contribution in [1.82, 2.24) is 0 Å². The number of unbranched alkanes of at least 4 members (excludes halogenated alkanes) is 1. The second-order valence-corrected chi connectivity index (χ2v) is 4.07. The molecule has 0 saturated carbocycles. The maximum Gasteiger partial charge on any atom is 0.130 e. The summed E-state index contributed by atoms with van der Waals surface area (Å²) >= 11 is 0. The third-order valence-electron chi connectivity index (χ3n) is 2.77. The van der Waals surface area contributed by atoms with E-state index in [0.29, 0.717) is 0 Å². The van der Waals surface area contributed by atoms with E-state index in [4.69, 9.17) is 9.47 Å². The largest absolute Gasteiger partial charge is 0.493 e. The molecule has 16 heavy (non-hydrogen) atoms. The van der Waals surface area contributed by atoms with Crippen molar-refractivity contribution in [2.24, 2.45) is 0 Å². The molecule has 1 aromatic rings. The van der Waals surface area contributed by atoms with Crippen LogP contribution >= 0.6 is 0 Å². The first-order chi connectivity index (χ1) is 7.92. The van der Waals surface area contributed by atoms with E-state index in [9.17, 15) is 0 Å². The van der Waals surface area contributed by atoms with E-state index in [1.807, 2.05) is 18.2 Å². The van der Waals surface area contributed by atoms with Gasteiger partial charge in [-0.1, -0.05) is 31.5 Å². The molecule has 0 N–H and O–H groups in total. The fourth-order valence-electron chi connectivity index (χ4n) is 1.86. The SMILES string of the molecule is CCCCOc1ccccc1[C]1CCCO1. The highest BCUT2D eigenvalue weighted by molar-refractivity contribution is 5.41. The molecule has 87 valence electrons. The van der Waals surface area contributed by atoms with Crippen molar-refractivity contribution in [1.29, 1.82) is 0 Å². The van der Waals surface area contributed by atoms with Gasteiger partial charge in [0.15, 0.2) is 0 Å². The van der Waals surface area contributed by atoms with Crippen LogP contribution < -0.4 is 4.74 Å². The van der Waals surface area contributed by atoms with Crippen LogP contribution in [0.15, 0.2) is 24.3 Å². The normalized spacial score (nSPS) is 16.6. The minimum Gasteiger partial charge on any atom is -0.493 e. The Labute approximate surface area is 97.6 Å². The third kappa shape index (κ3) is 2.76. The molecule has 1 fully saturated rings. The summed E-state index contributed by atoms with van der Waals surface area (Å²) in [5.41, 5.74) is 1.14. The molecule has 2 rings (SSSR count). The maximum atomic E-state index is 5.79. The van der Waals surface area contributed by atoms with E-state index in [1.165, 1.54) is 0 Å². The summed E-state index contributed by atoms with van der Waals surface area (Å²) in [5, 5.41) is 0. The Morgan fingerprint density at radius 2 is 2.19 bits per heavy atom. The van der Waals surface area contributed by atoms with Crippen LogP contribution in [0.25, 0.3) is 0 Å². The zero-order valence-corrected chi connectivity index (χ0v) is 9.87. The fraction of sp³-hybridized carbons (Fsp3) is 0.500. The van der Waals surface area contributed by atoms with E-state index in [1.54, 1.807) is 0 Å². The second kappa shape index (κ2) is 5.90. The molecule has 0 aromatic heterocycles. The van der Waals surface area contributed by atoms with E-state index < -0.39 is 0 Å². The molecule has 0 atom stereocenters. The smallest absolute Gasteiger partial charge is 0.130 e. The predicted molar refractivity (Wildman–Crippen MR) is 64.4 cm³/mol. The number of hydrogen-bond acceptors (Lipinski definition) is 2. The Bertz CT molecular complexity index is 316. The number of para-hydroxylation sites is 1. The van der Waals surface area contributed by atoms with Gasteiger partial charge in [-0.05, 0) is 25.3 Å². The van der Waals surface area contributed by atoms with E-state index in [2.05, 4.69) is 13.0 Å². The molecule has 1 aliphatic heterocycles. The lowest BCUT2D eigenvalue weighted by Crippen LogP contribution is -2.03. The van der Waals surface area contributed by atoms with Gasteiger partial charge in [0, 0.05) is 12.2 Å². The first-order valence-electron chi connectivity index (χ1n) is 6.12. The summed E-state index contributed by atoms with van der Waals surface area (Å²) < 4.78 is 11.4. The van der Waals surface area contributed by atoms with Crippen molar-refractivity contribution in [2.45, 2.75) is 32.6 Å². The number of hydrogen-bond donors (Lipinski definition) is 0. The molecule has 0 bridgehead atoms. The van der Waals surface area contributed by atoms with Gasteiger partial charge < -0.3 is 9.47 Å². The molecule has 1 aliphatic rings. The van der Waals surface area contributed by atoms with Gasteiger partial charge in [0.25, 0.3) is 0 Å². The summed E-state index contributed by atoms with van der Waals surface area (Å²) in [7, 11) is 0. The van der Waals surface area contributed by atoms with Crippen LogP contribution in [0.4, 0.5) is 0 Å². The number of benzene rings is 1. The van der Waals surface area contributed by atoms with Crippen molar-refractivity contribution in [3.05, 3.63) is 35.9 Å². The maximum absolute atomic E-state index is 5.79. The minimum atomic E-state index is 0.792. The van der Waals surface area contributed by atoms with Gasteiger partial charge in [-0.15, -0.1) is 0 Å². The van der Waals surface area contributed by atoms with Crippen LogP contribution in [0.5, 0.6) is 5.75 Å². The first kappa shape index (κ1) is 11.5. The van der Waals surface area contributed by atoms with Crippen molar-refractivity contribution in [2.75, 3.05) is 13.2 Å². The summed E-state index contributed by atoms with van der Waals surface area (Å²) in [4.78, 5) is 0. The highest BCUT2D eigenvalue weighted by atomic mass is 16.5. The first-order valence-corrected chi connectivity index (χ1v) is 6.12. The topological polar surface area (TPSA) is 18.5 Å². The highest BCUT2D eigenvalue weighted by Gasteiger charge is 2.22. The van der Waals surface area contributed by atoms with Gasteiger partial charge in [-0.2, -0.15) is 0 Å². The molecule has 0 unspecified atom stereocenters. The van der Waals surface area contributed by atoms with Crippen LogP contribution in [-0.4, -0.2) is 13.2 Å². The number of ether oxygens (including phenoxy) is 2. The molecule has 2 heteroatoms. The number of rotatable bonds is 5. The summed E-state index contributed by atoms with van der Waals surface area (Å²) in [6.45, 7) is 3.81. The molecule has 1 radical (unpaired) electrons. The van der Waals surface area contributed by atoms with Crippen molar-refractivity contribution in [3.63, 3.8) is 0 Å². The molecular weight excluding hydrogens is 200 g/mol. The van der Waals surface area contributed by atoms with Gasteiger partial charge in [0.05, 0.1) is 6.61 Å². The summed E-state index contributed by atoms with van der Waals surface area (Å²) in [6, 6.07) is 8.17. The quantitative estimate of drug-likeness (QED) is 0.705. The molecule has 0 amide bonds. The van der Waals surface area contributed by atoms with Crippen LogP contribution in [0, 0.1) is 6.10 Å². The Morgan fingerprint density at radius 3 is 2.94 bits per heavy atom. The van der Waals surface area contributed by atoms with Crippen molar-refractivity contribution < 1.29 is 9.47 Å². The third-order valence-corrected chi connectivity index (χ3v) is 2.77. The predicted octanol–water partition coefficient (Wildman–Crippen LogP) is 3.56. The lowest BCUT2D eigenvalue weighted by atomic mass is 10.1. The van der Waals surface area contributed by atoms with Crippen LogP contribution in [-0.2, 0) is 4.74 Å². The minimum absolute atomic E-state index is 0.792. The zero-order valence-electron chi connectivity index (χ0n) is 9.87. The molecule has 2 nitrogen and oxygen atoms in total. The molecule has 1 heterocycles. The van der Waals surface area contributed by atoms with Gasteiger partial charge in [-0.25, -0.2) is 0 Å².